The van der Waals surface area contributed by atoms with Gasteiger partial charge in [0.2, 0.25) is 0 Å². The Bertz CT molecular complexity index is 7020. The van der Waals surface area contributed by atoms with Crippen LogP contribution in [0.3, 0.4) is 0 Å². The normalized spacial score (nSPS) is 11.3. The van der Waals surface area contributed by atoms with Gasteiger partial charge < -0.3 is 15.0 Å². The molecule has 731 valence electrons. The minimum Gasteiger partial charge on any atom is -0.304 e. The Hall–Kier alpha value is -13.6. The molecule has 0 atom stereocenters. The van der Waals surface area contributed by atoms with Crippen molar-refractivity contribution in [2.75, 3.05) is 0 Å². The molecular formula is C127H121Ir3N12O2-3. The molecule has 14 nitrogen and oxygen atoms in total. The van der Waals surface area contributed by atoms with Crippen molar-refractivity contribution in [1.29, 1.82) is 0 Å². The molecule has 0 spiro atoms. The van der Waals surface area contributed by atoms with E-state index in [0.717, 1.165) is 102 Å². The Morgan fingerprint density at radius 3 is 0.715 bits per heavy atom. The van der Waals surface area contributed by atoms with Crippen LogP contribution in [0.1, 0.15) is 219 Å². The molecule has 0 aliphatic rings. The van der Waals surface area contributed by atoms with Crippen molar-refractivity contribution in [3.8, 4) is 147 Å². The Balaban J connectivity index is 0.000000179. The number of carbonyl (C=O) groups is 2. The van der Waals surface area contributed by atoms with E-state index < -0.39 is 0 Å². The van der Waals surface area contributed by atoms with Crippen LogP contribution in [0.4, 0.5) is 0 Å². The number of pyridine rings is 3. The zero-order valence-electron chi connectivity index (χ0n) is 84.6. The maximum Gasteiger partial charge on any atom is 0.165 e. The second kappa shape index (κ2) is 49.1. The fraction of sp³-hybridized carbons (Fsp3) is 0.228. The van der Waals surface area contributed by atoms with Gasteiger partial charge in [0.25, 0.3) is 0 Å². The predicted octanol–water partition coefficient (Wildman–Crippen LogP) is 31.1. The summed E-state index contributed by atoms with van der Waals surface area (Å²) in [6, 6.07) is 117. The number of unbranched alkanes of at least 4 members (excludes halogenated alkanes) is 6. The van der Waals surface area contributed by atoms with Gasteiger partial charge >= 0.3 is 0 Å². The number of nitrogens with zero attached hydrogens (tertiary/aromatic N) is 12. The first kappa shape index (κ1) is 108. The molecule has 0 bridgehead atoms. The largest absolute Gasteiger partial charge is 0.304 e. The van der Waals surface area contributed by atoms with Gasteiger partial charge in [0.1, 0.15) is 0 Å². The van der Waals surface area contributed by atoms with E-state index in [1.165, 1.54) is 95.9 Å². The van der Waals surface area contributed by atoms with E-state index in [0.29, 0.717) is 74.7 Å². The standard InChI is InChI=1S/C45H45N4O.C41H37N4O.C41H39N4.3Ir/c1-3-5-7-10-14-33-18-22-38(23-19-33)43-47-44(39-24-20-34(21-25-39)15-11-8-6-4-2)49-45(48-43)40-30-31-41(46-32-40)35-26-28-37(29-27-35)42(50)36-16-12-9-13-17-36;1-40(2,3)33-21-16-30(17-22-33)37-43-38(31-18-23-34(24-19-31)41(4,5)6)45-39(44-37)32-20-25-35(42-26-32)27-12-14-29(15-13-27)36(46)28-10-8-7-9-11-28;1-27-8-10-28(11-9-27)29-12-14-30(15-13-29)36-25-20-33(26-42-36)39-44-37(31-16-21-34(22-17-31)40(2,3)4)43-38(45-39)32-18-23-35(24-19-32)41(5,6)7;;;/h9,12-13,16-26,28-32H,3-8,10-11,14-15H2,1-2H3;7-12,14-26H,1-6H3;8-14,16-26H,1-7H3;;;/q3*-1;;;. The zero-order valence-corrected chi connectivity index (χ0v) is 91.8. The number of rotatable bonds is 27. The molecule has 0 unspecified atom stereocenters. The molecule has 0 N–H and O–H groups in total. The van der Waals surface area contributed by atoms with Crippen LogP contribution < -0.4 is 0 Å². The maximum atomic E-state index is 12.9. The molecule has 6 aromatic heterocycles. The van der Waals surface area contributed by atoms with Crippen LogP contribution in [-0.2, 0) is 94.8 Å². The molecule has 18 rings (SSSR count). The van der Waals surface area contributed by atoms with Gasteiger partial charge in [-0.05, 0) is 105 Å². The molecular weight excluding hydrogens is 2300 g/mol. The second-order valence-electron chi connectivity index (χ2n) is 40.3. The van der Waals surface area contributed by atoms with E-state index in [-0.39, 0.29) is 93.5 Å². The number of hydrogen-bond donors (Lipinski definition) is 0. The average Bonchev–Trinajstić information content (AvgIpc) is 0.597. The van der Waals surface area contributed by atoms with Gasteiger partial charge in [-0.15, -0.1) is 89.5 Å². The van der Waals surface area contributed by atoms with Gasteiger partial charge in [0.05, 0.1) is 0 Å². The smallest absolute Gasteiger partial charge is 0.165 e. The zero-order chi connectivity index (χ0) is 98.8. The van der Waals surface area contributed by atoms with Gasteiger partial charge in [-0.2, -0.15) is 0 Å². The van der Waals surface area contributed by atoms with Gasteiger partial charge in [0, 0.05) is 140 Å². The summed E-state index contributed by atoms with van der Waals surface area (Å²) in [4.78, 5) is 84.3. The van der Waals surface area contributed by atoms with Crippen molar-refractivity contribution in [2.24, 2.45) is 0 Å². The third kappa shape index (κ3) is 28.1. The third-order valence-electron chi connectivity index (χ3n) is 25.3. The molecule has 144 heavy (non-hydrogen) atoms. The SMILES string of the molecule is CC(C)(C)c1ccc(-c2nc(-c3ccc(C(C)(C)C)cc3)nc(-c3ccc(-c4[c-]cc(C(=O)c5ccccc5)cc4)nc3)n2)cc1.CCCCCCc1ccc(-c2nc(-c3ccc(CCCCCC)cc3)nc(-c3ccc(-c4[c-]cc(C(=O)c5ccccc5)cc4)nc3)n2)cc1.Cc1ccc(-c2c[c-]c(-c3ccc(-c4nc(-c5ccc(C(C)(C)C)cc5)nc(-c5ccc(C(C)(C)C)cc5)n4)cn3)cc2)cc1.[Ir].[Ir].[Ir]. The van der Waals surface area contributed by atoms with Gasteiger partial charge in [0.15, 0.2) is 64.0 Å². The molecule has 0 saturated carbocycles. The number of carbonyl (C=O) groups excluding carboxylic acids is 2. The Labute approximate surface area is 890 Å². The summed E-state index contributed by atoms with van der Waals surface area (Å²) in [6.07, 6.45) is 17.6. The number of aromatic nitrogens is 12. The van der Waals surface area contributed by atoms with E-state index in [2.05, 4.69) is 304 Å². The minimum atomic E-state index is -0.0331. The molecule has 0 amide bonds. The van der Waals surface area contributed by atoms with Crippen LogP contribution in [0.25, 0.3) is 147 Å². The summed E-state index contributed by atoms with van der Waals surface area (Å²) in [6.45, 7) is 33.1. The molecule has 3 radical (unpaired) electrons. The summed E-state index contributed by atoms with van der Waals surface area (Å²) in [5.74, 6) is 5.43. The van der Waals surface area contributed by atoms with E-state index in [1.807, 2.05) is 134 Å². The molecule has 0 aliphatic carbocycles. The Kier molecular flexibility index (Phi) is 36.7. The minimum absolute atomic E-state index is 0. The van der Waals surface area contributed by atoms with Crippen LogP contribution in [0.2, 0.25) is 0 Å². The van der Waals surface area contributed by atoms with Gasteiger partial charge in [-0.3, -0.25) is 9.59 Å². The number of ketones is 2. The van der Waals surface area contributed by atoms with Crippen LogP contribution >= 0.6 is 0 Å². The van der Waals surface area contributed by atoms with Crippen molar-refractivity contribution in [3.63, 3.8) is 0 Å². The van der Waals surface area contributed by atoms with Crippen molar-refractivity contribution in [3.05, 3.63) is 420 Å². The van der Waals surface area contributed by atoms with Crippen molar-refractivity contribution in [1.82, 2.24) is 59.8 Å². The number of benzene rings is 12. The quantitative estimate of drug-likeness (QED) is 0.0268. The maximum absolute atomic E-state index is 12.9. The van der Waals surface area contributed by atoms with Gasteiger partial charge in [-0.1, -0.05) is 430 Å². The molecule has 0 saturated heterocycles. The van der Waals surface area contributed by atoms with Crippen LogP contribution in [-0.4, -0.2) is 71.4 Å². The van der Waals surface area contributed by atoms with E-state index in [1.54, 1.807) is 24.5 Å². The van der Waals surface area contributed by atoms with E-state index in [9.17, 15) is 9.59 Å². The van der Waals surface area contributed by atoms with Crippen molar-refractivity contribution < 1.29 is 69.9 Å². The van der Waals surface area contributed by atoms with Crippen molar-refractivity contribution in [2.45, 2.75) is 190 Å². The molecule has 17 heteroatoms. The fourth-order valence-corrected chi connectivity index (χ4v) is 16.4. The van der Waals surface area contributed by atoms with Crippen LogP contribution in [0.15, 0.2) is 340 Å². The number of hydrogen-bond acceptors (Lipinski definition) is 14. The molecule has 12 aromatic carbocycles. The first-order chi connectivity index (χ1) is 68.0. The third-order valence-corrected chi connectivity index (χ3v) is 25.3. The molecule has 18 aromatic rings. The molecule has 0 fully saturated rings. The summed E-state index contributed by atoms with van der Waals surface area (Å²) in [5.41, 5.74) is 26.9. The second-order valence-corrected chi connectivity index (χ2v) is 40.3. The van der Waals surface area contributed by atoms with Gasteiger partial charge in [-0.25, -0.2) is 44.9 Å². The fourth-order valence-electron chi connectivity index (χ4n) is 16.4. The summed E-state index contributed by atoms with van der Waals surface area (Å²) >= 11 is 0. The summed E-state index contributed by atoms with van der Waals surface area (Å²) in [7, 11) is 0. The summed E-state index contributed by atoms with van der Waals surface area (Å²) < 4.78 is 0. The van der Waals surface area contributed by atoms with E-state index >= 15 is 0 Å². The Morgan fingerprint density at radius 1 is 0.236 bits per heavy atom. The first-order valence-corrected chi connectivity index (χ1v) is 49.1. The first-order valence-electron chi connectivity index (χ1n) is 49.1. The van der Waals surface area contributed by atoms with Crippen LogP contribution in [0.5, 0.6) is 0 Å². The van der Waals surface area contributed by atoms with Crippen molar-refractivity contribution >= 4 is 11.6 Å². The molecule has 0 aliphatic heterocycles. The Morgan fingerprint density at radius 2 is 0.479 bits per heavy atom. The number of aryl methyl sites for hydroxylation is 3. The topological polar surface area (TPSA) is 189 Å². The summed E-state index contributed by atoms with van der Waals surface area (Å²) in [5, 5.41) is 0. The molecule has 6 heterocycles. The monoisotopic (exact) mass is 2420 g/mol. The van der Waals surface area contributed by atoms with Crippen LogP contribution in [0, 0.1) is 25.1 Å². The van der Waals surface area contributed by atoms with E-state index in [4.69, 9.17) is 59.8 Å². The predicted molar refractivity (Wildman–Crippen MR) is 575 cm³/mol. The average molecular weight is 2420 g/mol.